The number of halogens is 2. The molecule has 0 bridgehead atoms. The molecule has 2 rings (SSSR count). The number of hydrogen-bond acceptors (Lipinski definition) is 5. The van der Waals surface area contributed by atoms with Gasteiger partial charge in [0.25, 0.3) is 5.91 Å². The van der Waals surface area contributed by atoms with Gasteiger partial charge in [-0.05, 0) is 49.7 Å². The molecule has 1 amide bonds. The molecule has 2 aromatic rings. The molecule has 0 radical (unpaired) electrons. The van der Waals surface area contributed by atoms with Crippen LogP contribution >= 0.6 is 23.2 Å². The third-order valence-electron chi connectivity index (χ3n) is 4.20. The minimum absolute atomic E-state index is 0.0572. The summed E-state index contributed by atoms with van der Waals surface area (Å²) in [6.45, 7) is 3.98. The van der Waals surface area contributed by atoms with Crippen molar-refractivity contribution in [1.29, 1.82) is 0 Å². The van der Waals surface area contributed by atoms with Gasteiger partial charge in [0.05, 0.1) is 24.3 Å². The molecule has 6 nitrogen and oxygen atoms in total. The van der Waals surface area contributed by atoms with Crippen molar-refractivity contribution in [1.82, 2.24) is 4.90 Å². The highest BCUT2D eigenvalue weighted by Gasteiger charge is 2.21. The SMILES string of the molecule is COC(=O)COc1ccc(C(=O)N(Cc2ccc(Cl)c(Cl)c2)C(C)C)cc1OC. The molecule has 0 atom stereocenters. The number of benzene rings is 2. The van der Waals surface area contributed by atoms with Gasteiger partial charge in [-0.3, -0.25) is 4.79 Å². The summed E-state index contributed by atoms with van der Waals surface area (Å²) in [4.78, 5) is 26.1. The highest BCUT2D eigenvalue weighted by Crippen LogP contribution is 2.29. The quantitative estimate of drug-likeness (QED) is 0.562. The van der Waals surface area contributed by atoms with Gasteiger partial charge in [-0.15, -0.1) is 0 Å². The lowest BCUT2D eigenvalue weighted by Crippen LogP contribution is -2.36. The number of methoxy groups -OCH3 is 2. The Morgan fingerprint density at radius 2 is 1.72 bits per heavy atom. The fraction of sp³-hybridized carbons (Fsp3) is 0.333. The molecule has 0 N–H and O–H groups in total. The van der Waals surface area contributed by atoms with Crippen molar-refractivity contribution >= 4 is 35.1 Å². The molecule has 0 saturated heterocycles. The lowest BCUT2D eigenvalue weighted by molar-refractivity contribution is -0.142. The van der Waals surface area contributed by atoms with E-state index in [1.165, 1.54) is 14.2 Å². The molecule has 0 unspecified atom stereocenters. The van der Waals surface area contributed by atoms with E-state index in [0.717, 1.165) is 5.56 Å². The number of ether oxygens (including phenoxy) is 3. The maximum Gasteiger partial charge on any atom is 0.343 e. The van der Waals surface area contributed by atoms with Crippen LogP contribution in [0.1, 0.15) is 29.8 Å². The van der Waals surface area contributed by atoms with E-state index in [1.54, 1.807) is 35.2 Å². The van der Waals surface area contributed by atoms with Crippen LogP contribution in [0.5, 0.6) is 11.5 Å². The van der Waals surface area contributed by atoms with Crippen LogP contribution in [0, 0.1) is 0 Å². The van der Waals surface area contributed by atoms with Gasteiger partial charge in [0.1, 0.15) is 0 Å². The molecule has 0 aromatic heterocycles. The molecule has 29 heavy (non-hydrogen) atoms. The predicted molar refractivity (Wildman–Crippen MR) is 112 cm³/mol. The molecule has 0 aliphatic carbocycles. The van der Waals surface area contributed by atoms with E-state index in [1.807, 2.05) is 19.9 Å². The van der Waals surface area contributed by atoms with Crippen molar-refractivity contribution in [2.24, 2.45) is 0 Å². The van der Waals surface area contributed by atoms with E-state index >= 15 is 0 Å². The highest BCUT2D eigenvalue weighted by molar-refractivity contribution is 6.42. The summed E-state index contributed by atoms with van der Waals surface area (Å²) in [5, 5.41) is 0.902. The topological polar surface area (TPSA) is 65.1 Å². The number of carbonyl (C=O) groups excluding carboxylic acids is 2. The summed E-state index contributed by atoms with van der Waals surface area (Å²) in [6, 6.07) is 10.0. The minimum Gasteiger partial charge on any atom is -0.493 e. The average molecular weight is 440 g/mol. The van der Waals surface area contributed by atoms with Crippen molar-refractivity contribution in [3.8, 4) is 11.5 Å². The van der Waals surface area contributed by atoms with Crippen LogP contribution in [0.15, 0.2) is 36.4 Å². The van der Waals surface area contributed by atoms with Crippen molar-refractivity contribution < 1.29 is 23.8 Å². The second-order valence-corrected chi connectivity index (χ2v) is 7.32. The van der Waals surface area contributed by atoms with E-state index in [4.69, 9.17) is 32.7 Å². The zero-order valence-electron chi connectivity index (χ0n) is 16.7. The number of amides is 1. The van der Waals surface area contributed by atoms with E-state index < -0.39 is 5.97 Å². The Kier molecular flexibility index (Phi) is 8.17. The monoisotopic (exact) mass is 439 g/mol. The zero-order valence-corrected chi connectivity index (χ0v) is 18.2. The molecular formula is C21H23Cl2NO5. The van der Waals surface area contributed by atoms with Crippen LogP contribution in [0.2, 0.25) is 10.0 Å². The highest BCUT2D eigenvalue weighted by atomic mass is 35.5. The standard InChI is InChI=1S/C21H23Cl2NO5/c1-13(2)24(11-14-5-7-16(22)17(23)9-14)21(26)15-6-8-18(19(10-15)27-3)29-12-20(25)28-4/h5-10,13H,11-12H2,1-4H3. The zero-order chi connectivity index (χ0) is 21.6. The normalized spacial score (nSPS) is 10.6. The molecule has 0 heterocycles. The van der Waals surface area contributed by atoms with Gasteiger partial charge in [-0.2, -0.15) is 0 Å². The van der Waals surface area contributed by atoms with E-state index in [0.29, 0.717) is 33.7 Å². The summed E-state index contributed by atoms with van der Waals surface area (Å²) in [6.07, 6.45) is 0. The number of carbonyl (C=O) groups is 2. The van der Waals surface area contributed by atoms with Crippen LogP contribution in [-0.2, 0) is 16.1 Å². The first-order valence-corrected chi connectivity index (χ1v) is 9.65. The van der Waals surface area contributed by atoms with Gasteiger partial charge >= 0.3 is 5.97 Å². The molecule has 2 aromatic carbocycles. The largest absolute Gasteiger partial charge is 0.493 e. The number of esters is 1. The third-order valence-corrected chi connectivity index (χ3v) is 4.94. The van der Waals surface area contributed by atoms with E-state index in [-0.39, 0.29) is 18.6 Å². The Labute approximate surface area is 180 Å². The second kappa shape index (κ2) is 10.4. The summed E-state index contributed by atoms with van der Waals surface area (Å²) in [5.74, 6) is -0.00303. The summed E-state index contributed by atoms with van der Waals surface area (Å²) >= 11 is 12.1. The van der Waals surface area contributed by atoms with Crippen molar-refractivity contribution in [3.63, 3.8) is 0 Å². The van der Waals surface area contributed by atoms with Crippen LogP contribution in [0.4, 0.5) is 0 Å². The molecular weight excluding hydrogens is 417 g/mol. The number of rotatable bonds is 8. The number of hydrogen-bond donors (Lipinski definition) is 0. The maximum absolute atomic E-state index is 13.1. The fourth-order valence-electron chi connectivity index (χ4n) is 2.60. The first-order valence-electron chi connectivity index (χ1n) is 8.89. The molecule has 156 valence electrons. The van der Waals surface area contributed by atoms with Gasteiger partial charge < -0.3 is 19.1 Å². The summed E-state index contributed by atoms with van der Waals surface area (Å²) in [5.41, 5.74) is 1.30. The Balaban J connectivity index is 2.24. The molecule has 8 heteroatoms. The van der Waals surface area contributed by atoms with Gasteiger partial charge in [0.2, 0.25) is 0 Å². The van der Waals surface area contributed by atoms with Crippen LogP contribution in [0.3, 0.4) is 0 Å². The van der Waals surface area contributed by atoms with Crippen molar-refractivity contribution in [3.05, 3.63) is 57.6 Å². The average Bonchev–Trinajstić information content (AvgIpc) is 2.71. The lowest BCUT2D eigenvalue weighted by Gasteiger charge is -2.27. The Bertz CT molecular complexity index is 885. The van der Waals surface area contributed by atoms with E-state index in [2.05, 4.69) is 4.74 Å². The third kappa shape index (κ3) is 6.02. The molecule has 0 fully saturated rings. The van der Waals surface area contributed by atoms with Crippen molar-refractivity contribution in [2.75, 3.05) is 20.8 Å². The Morgan fingerprint density at radius 1 is 1.00 bits per heavy atom. The maximum atomic E-state index is 13.1. The Hall–Kier alpha value is -2.44. The first kappa shape index (κ1) is 22.8. The molecule has 0 aliphatic heterocycles. The van der Waals surface area contributed by atoms with E-state index in [9.17, 15) is 9.59 Å². The Morgan fingerprint density at radius 3 is 2.31 bits per heavy atom. The minimum atomic E-state index is -0.514. The van der Waals surface area contributed by atoms with Crippen LogP contribution in [-0.4, -0.2) is 43.6 Å². The van der Waals surface area contributed by atoms with Crippen molar-refractivity contribution in [2.45, 2.75) is 26.4 Å². The molecule has 0 aliphatic rings. The van der Waals surface area contributed by atoms with Gasteiger partial charge in [-0.25, -0.2) is 4.79 Å². The summed E-state index contributed by atoms with van der Waals surface area (Å²) < 4.78 is 15.3. The van der Waals surface area contributed by atoms with Crippen LogP contribution < -0.4 is 9.47 Å². The number of nitrogens with zero attached hydrogens (tertiary/aromatic N) is 1. The molecule has 0 saturated carbocycles. The van der Waals surface area contributed by atoms with Gasteiger partial charge in [0.15, 0.2) is 18.1 Å². The lowest BCUT2D eigenvalue weighted by atomic mass is 10.1. The van der Waals surface area contributed by atoms with Gasteiger partial charge in [-0.1, -0.05) is 29.3 Å². The van der Waals surface area contributed by atoms with Crippen LogP contribution in [0.25, 0.3) is 0 Å². The predicted octanol–water partition coefficient (Wildman–Crippen LogP) is 4.60. The second-order valence-electron chi connectivity index (χ2n) is 6.51. The fourth-order valence-corrected chi connectivity index (χ4v) is 2.93. The summed E-state index contributed by atoms with van der Waals surface area (Å²) in [7, 11) is 2.74. The van der Waals surface area contributed by atoms with Gasteiger partial charge in [0, 0.05) is 18.2 Å². The molecule has 0 spiro atoms. The first-order chi connectivity index (χ1) is 13.8. The smallest absolute Gasteiger partial charge is 0.343 e.